The number of ketones is 1. The van der Waals surface area contributed by atoms with Gasteiger partial charge >= 0.3 is 0 Å². The van der Waals surface area contributed by atoms with E-state index in [0.717, 1.165) is 35.6 Å². The van der Waals surface area contributed by atoms with E-state index in [1.165, 1.54) is 0 Å². The van der Waals surface area contributed by atoms with Crippen molar-refractivity contribution in [2.75, 3.05) is 64.4 Å². The van der Waals surface area contributed by atoms with Gasteiger partial charge in [-0.25, -0.2) is 0 Å². The fraction of sp³-hybridized carbons (Fsp3) is 0.480. The number of methoxy groups -OCH3 is 2. The Labute approximate surface area is 181 Å². The molecule has 0 radical (unpaired) electrons. The summed E-state index contributed by atoms with van der Waals surface area (Å²) in [4.78, 5) is 17.4. The summed E-state index contributed by atoms with van der Waals surface area (Å²) in [6.07, 6.45) is 0. The zero-order valence-corrected chi connectivity index (χ0v) is 19.2. The van der Waals surface area contributed by atoms with Gasteiger partial charge in [-0.2, -0.15) is 0 Å². The van der Waals surface area contributed by atoms with E-state index in [0.29, 0.717) is 13.2 Å². The molecular formula is C25H36N2O3. The Hall–Kier alpha value is -2.37. The van der Waals surface area contributed by atoms with E-state index in [1.54, 1.807) is 14.2 Å². The summed E-state index contributed by atoms with van der Waals surface area (Å²) in [6, 6.07) is 16.5. The zero-order valence-electron chi connectivity index (χ0n) is 19.2. The van der Waals surface area contributed by atoms with E-state index in [9.17, 15) is 4.79 Å². The fourth-order valence-corrected chi connectivity index (χ4v) is 3.45. The van der Waals surface area contributed by atoms with Crippen LogP contribution in [0.3, 0.4) is 0 Å². The first-order chi connectivity index (χ1) is 14.4. The van der Waals surface area contributed by atoms with Crippen molar-refractivity contribution in [3.05, 3.63) is 59.7 Å². The van der Waals surface area contributed by atoms with Crippen molar-refractivity contribution in [1.29, 1.82) is 0 Å². The van der Waals surface area contributed by atoms with Gasteiger partial charge in [-0.1, -0.05) is 38.1 Å². The maximum atomic E-state index is 13.1. The lowest BCUT2D eigenvalue weighted by molar-refractivity contribution is -0.121. The molecule has 0 aliphatic carbocycles. The number of anilines is 2. The number of ether oxygens (including phenoxy) is 2. The lowest BCUT2D eigenvalue weighted by Gasteiger charge is -2.22. The van der Waals surface area contributed by atoms with Gasteiger partial charge in [0.15, 0.2) is 0 Å². The third-order valence-corrected chi connectivity index (χ3v) is 5.78. The monoisotopic (exact) mass is 412 g/mol. The van der Waals surface area contributed by atoms with Crippen LogP contribution in [-0.2, 0) is 14.3 Å². The largest absolute Gasteiger partial charge is 0.383 e. The van der Waals surface area contributed by atoms with Gasteiger partial charge in [0, 0.05) is 64.6 Å². The molecule has 0 spiro atoms. The van der Waals surface area contributed by atoms with Crippen LogP contribution in [0.4, 0.5) is 11.4 Å². The molecule has 0 aliphatic rings. The van der Waals surface area contributed by atoms with Crippen LogP contribution in [0.2, 0.25) is 0 Å². The van der Waals surface area contributed by atoms with E-state index in [1.807, 2.05) is 27.9 Å². The van der Waals surface area contributed by atoms with Gasteiger partial charge in [-0.15, -0.1) is 0 Å². The highest BCUT2D eigenvalue weighted by Crippen LogP contribution is 2.28. The van der Waals surface area contributed by atoms with Crippen LogP contribution in [0.25, 0.3) is 0 Å². The second kappa shape index (κ2) is 11.7. The molecule has 0 heterocycles. The minimum Gasteiger partial charge on any atom is -0.383 e. The molecule has 0 fully saturated rings. The van der Waals surface area contributed by atoms with Crippen molar-refractivity contribution < 1.29 is 14.3 Å². The summed E-state index contributed by atoms with van der Waals surface area (Å²) in [7, 11) is 7.50. The quantitative estimate of drug-likeness (QED) is 0.519. The van der Waals surface area contributed by atoms with Crippen LogP contribution in [0, 0.1) is 0 Å². The molecule has 0 bridgehead atoms. The van der Waals surface area contributed by atoms with Gasteiger partial charge in [0.05, 0.1) is 13.2 Å². The van der Waals surface area contributed by atoms with Crippen LogP contribution in [0.5, 0.6) is 0 Å². The van der Waals surface area contributed by atoms with Crippen molar-refractivity contribution in [2.45, 2.75) is 25.7 Å². The Kier molecular flexibility index (Phi) is 9.34. The van der Waals surface area contributed by atoms with Gasteiger partial charge in [0.1, 0.15) is 5.78 Å². The van der Waals surface area contributed by atoms with Gasteiger partial charge in [0.2, 0.25) is 0 Å². The number of benzene rings is 2. The average molecular weight is 413 g/mol. The third kappa shape index (κ3) is 6.31. The Bertz CT molecular complexity index is 708. The first kappa shape index (κ1) is 23.9. The predicted molar refractivity (Wildman–Crippen MR) is 125 cm³/mol. The molecule has 0 amide bonds. The maximum Gasteiger partial charge on any atom is 0.147 e. The lowest BCUT2D eigenvalue weighted by Crippen LogP contribution is -2.22. The van der Waals surface area contributed by atoms with Crippen molar-refractivity contribution in [1.82, 2.24) is 0 Å². The standard InChI is InChI=1S/C25H36N2O3/c1-19(21-7-11-23(12-8-21)26(3)15-17-29-5)25(28)20(2)22-9-13-24(14-10-22)27(4)16-18-30-6/h7-14,19-20H,15-18H2,1-6H3. The van der Waals surface area contributed by atoms with E-state index in [4.69, 9.17) is 9.47 Å². The van der Waals surface area contributed by atoms with Crippen LogP contribution < -0.4 is 9.80 Å². The number of hydrogen-bond donors (Lipinski definition) is 0. The predicted octanol–water partition coefficient (Wildman–Crippen LogP) is 4.33. The van der Waals surface area contributed by atoms with Crippen LogP contribution in [-0.4, -0.2) is 60.4 Å². The Morgan fingerprint density at radius 2 is 1.07 bits per heavy atom. The van der Waals surface area contributed by atoms with Crippen molar-refractivity contribution in [3.8, 4) is 0 Å². The summed E-state index contributed by atoms with van der Waals surface area (Å²) in [5.41, 5.74) is 4.34. The SMILES string of the molecule is COCCN(C)c1ccc(C(C)C(=O)C(C)c2ccc(N(C)CCOC)cc2)cc1. The Morgan fingerprint density at radius 1 is 0.733 bits per heavy atom. The molecule has 164 valence electrons. The van der Waals surface area contributed by atoms with Crippen molar-refractivity contribution in [2.24, 2.45) is 0 Å². The molecule has 2 rings (SSSR count). The van der Waals surface area contributed by atoms with Crippen LogP contribution >= 0.6 is 0 Å². The molecule has 0 aromatic heterocycles. The molecule has 0 saturated heterocycles. The zero-order chi connectivity index (χ0) is 22.1. The molecule has 2 unspecified atom stereocenters. The number of carbonyl (C=O) groups is 1. The number of carbonyl (C=O) groups excluding carboxylic acids is 1. The molecule has 30 heavy (non-hydrogen) atoms. The highest BCUT2D eigenvalue weighted by molar-refractivity contribution is 5.91. The van der Waals surface area contributed by atoms with Crippen LogP contribution in [0.15, 0.2) is 48.5 Å². The molecule has 5 nitrogen and oxygen atoms in total. The van der Waals surface area contributed by atoms with E-state index < -0.39 is 0 Å². The minimum absolute atomic E-state index is 0.151. The second-order valence-corrected chi connectivity index (χ2v) is 7.86. The maximum absolute atomic E-state index is 13.1. The summed E-state index contributed by atoms with van der Waals surface area (Å²) in [6.45, 7) is 7.03. The van der Waals surface area contributed by atoms with E-state index >= 15 is 0 Å². The van der Waals surface area contributed by atoms with Gasteiger partial charge in [0.25, 0.3) is 0 Å². The minimum atomic E-state index is -0.151. The molecule has 2 aromatic carbocycles. The van der Waals surface area contributed by atoms with E-state index in [2.05, 4.69) is 58.3 Å². The van der Waals surface area contributed by atoms with E-state index in [-0.39, 0.29) is 17.6 Å². The number of Topliss-reactive ketones (excluding diaryl/α,β-unsaturated/α-hetero) is 1. The second-order valence-electron chi connectivity index (χ2n) is 7.86. The first-order valence-corrected chi connectivity index (χ1v) is 10.5. The normalized spacial score (nSPS) is 13.0. The smallest absolute Gasteiger partial charge is 0.147 e. The molecule has 2 atom stereocenters. The van der Waals surface area contributed by atoms with Gasteiger partial charge in [-0.3, -0.25) is 4.79 Å². The van der Waals surface area contributed by atoms with Gasteiger partial charge in [-0.05, 0) is 35.4 Å². The first-order valence-electron chi connectivity index (χ1n) is 10.5. The summed E-state index contributed by atoms with van der Waals surface area (Å²) in [5.74, 6) is -0.0688. The molecule has 0 N–H and O–H groups in total. The third-order valence-electron chi connectivity index (χ3n) is 5.78. The molecule has 2 aromatic rings. The summed E-state index contributed by atoms with van der Waals surface area (Å²) < 4.78 is 10.3. The number of nitrogens with zero attached hydrogens (tertiary/aromatic N) is 2. The average Bonchev–Trinajstić information content (AvgIpc) is 2.79. The summed E-state index contributed by atoms with van der Waals surface area (Å²) in [5, 5.41) is 0. The topological polar surface area (TPSA) is 42.0 Å². The fourth-order valence-electron chi connectivity index (χ4n) is 3.45. The number of likely N-dealkylation sites (N-methyl/N-ethyl adjacent to an activating group) is 2. The number of hydrogen-bond acceptors (Lipinski definition) is 5. The lowest BCUT2D eigenvalue weighted by atomic mass is 9.85. The Morgan fingerprint density at radius 3 is 1.37 bits per heavy atom. The summed E-state index contributed by atoms with van der Waals surface area (Å²) >= 11 is 0. The van der Waals surface area contributed by atoms with Crippen molar-refractivity contribution >= 4 is 17.2 Å². The molecular weight excluding hydrogens is 376 g/mol. The molecule has 0 aliphatic heterocycles. The van der Waals surface area contributed by atoms with Gasteiger partial charge < -0.3 is 19.3 Å². The number of rotatable bonds is 12. The van der Waals surface area contributed by atoms with Crippen molar-refractivity contribution in [3.63, 3.8) is 0 Å². The highest BCUT2D eigenvalue weighted by atomic mass is 16.5. The Balaban J connectivity index is 2.03. The molecule has 5 heteroatoms. The van der Waals surface area contributed by atoms with Crippen LogP contribution in [0.1, 0.15) is 36.8 Å². The highest BCUT2D eigenvalue weighted by Gasteiger charge is 2.23. The molecule has 0 saturated carbocycles.